The van der Waals surface area contributed by atoms with E-state index in [1.54, 1.807) is 14.0 Å². The van der Waals surface area contributed by atoms with Gasteiger partial charge in [0, 0.05) is 7.11 Å². The van der Waals surface area contributed by atoms with Gasteiger partial charge in [0.25, 0.3) is 0 Å². The number of alkyl halides is 1. The summed E-state index contributed by atoms with van der Waals surface area (Å²) in [7, 11) is 2.97. The fraction of sp³-hybridized carbons (Fsp3) is 0.900. The van der Waals surface area contributed by atoms with Crippen LogP contribution < -0.4 is 0 Å². The van der Waals surface area contributed by atoms with Crippen LogP contribution in [-0.4, -0.2) is 30.6 Å². The van der Waals surface area contributed by atoms with Crippen LogP contribution in [0.15, 0.2) is 0 Å². The van der Waals surface area contributed by atoms with Crippen LogP contribution in [0.25, 0.3) is 0 Å². The number of halogens is 1. The number of ether oxygens (including phenoxy) is 2. The summed E-state index contributed by atoms with van der Waals surface area (Å²) in [4.78, 5) is 11.5. The molecule has 0 aromatic heterocycles. The minimum Gasteiger partial charge on any atom is -0.468 e. The third-order valence-electron chi connectivity index (χ3n) is 2.10. The number of hydrogen-bond donors (Lipinski definition) is 0. The van der Waals surface area contributed by atoms with Gasteiger partial charge in [-0.2, -0.15) is 0 Å². The maximum Gasteiger partial charge on any atom is 0.325 e. The zero-order valence-electron chi connectivity index (χ0n) is 9.68. The monoisotopic (exact) mass is 266 g/mol. The van der Waals surface area contributed by atoms with Crippen LogP contribution in [0.2, 0.25) is 0 Å². The first-order chi connectivity index (χ1) is 6.17. The minimum absolute atomic E-state index is 0.138. The molecule has 0 aliphatic rings. The summed E-state index contributed by atoms with van der Waals surface area (Å²) >= 11 is 3.37. The molecule has 0 heterocycles. The van der Waals surface area contributed by atoms with Crippen LogP contribution in [0.1, 0.15) is 27.7 Å². The molecule has 0 unspecified atom stereocenters. The molecule has 84 valence electrons. The van der Waals surface area contributed by atoms with Crippen LogP contribution >= 0.6 is 15.9 Å². The fourth-order valence-corrected chi connectivity index (χ4v) is 2.73. The van der Waals surface area contributed by atoms with E-state index < -0.39 is 4.32 Å². The molecule has 0 N–H and O–H groups in total. The highest BCUT2D eigenvalue weighted by atomic mass is 79.9. The van der Waals surface area contributed by atoms with Gasteiger partial charge in [0.2, 0.25) is 0 Å². The molecule has 0 aliphatic heterocycles. The lowest BCUT2D eigenvalue weighted by Gasteiger charge is -2.38. The van der Waals surface area contributed by atoms with Crippen molar-refractivity contribution in [1.29, 1.82) is 0 Å². The average molecular weight is 267 g/mol. The fourth-order valence-electron chi connectivity index (χ4n) is 1.69. The van der Waals surface area contributed by atoms with Gasteiger partial charge in [0.05, 0.1) is 13.2 Å². The molecule has 0 bridgehead atoms. The van der Waals surface area contributed by atoms with Gasteiger partial charge < -0.3 is 9.47 Å². The van der Waals surface area contributed by atoms with Crippen molar-refractivity contribution in [2.24, 2.45) is 5.41 Å². The van der Waals surface area contributed by atoms with E-state index in [1.165, 1.54) is 7.11 Å². The van der Waals surface area contributed by atoms with E-state index in [2.05, 4.69) is 15.9 Å². The molecule has 0 fully saturated rings. The van der Waals surface area contributed by atoms with E-state index in [0.717, 1.165) is 0 Å². The highest BCUT2D eigenvalue weighted by molar-refractivity contribution is 9.10. The lowest BCUT2D eigenvalue weighted by Crippen LogP contribution is -2.50. The third-order valence-corrected chi connectivity index (χ3v) is 2.84. The predicted octanol–water partition coefficient (Wildman–Crippen LogP) is 2.37. The summed E-state index contributed by atoms with van der Waals surface area (Å²) < 4.78 is 9.27. The molecule has 2 atom stereocenters. The number of methoxy groups -OCH3 is 2. The van der Waals surface area contributed by atoms with Crippen molar-refractivity contribution in [3.63, 3.8) is 0 Å². The third kappa shape index (κ3) is 2.95. The van der Waals surface area contributed by atoms with Crippen LogP contribution in [0.5, 0.6) is 0 Å². The normalized spacial score (nSPS) is 18.5. The zero-order chi connectivity index (χ0) is 11.6. The number of hydrogen-bond acceptors (Lipinski definition) is 3. The SMILES string of the molecule is COC(=O)[C@@](C)(Br)[C@@H](OC)C(C)(C)C. The Morgan fingerprint density at radius 2 is 1.64 bits per heavy atom. The molecule has 0 saturated carbocycles. The topological polar surface area (TPSA) is 35.5 Å². The molecule has 0 amide bonds. The van der Waals surface area contributed by atoms with Crippen molar-refractivity contribution in [2.45, 2.75) is 38.1 Å². The van der Waals surface area contributed by atoms with Gasteiger partial charge in [-0.05, 0) is 12.3 Å². The first-order valence-corrected chi connectivity index (χ1v) is 5.27. The first kappa shape index (κ1) is 13.9. The van der Waals surface area contributed by atoms with Gasteiger partial charge in [-0.15, -0.1) is 0 Å². The Balaban J connectivity index is 4.93. The van der Waals surface area contributed by atoms with E-state index in [9.17, 15) is 4.79 Å². The van der Waals surface area contributed by atoms with E-state index in [-0.39, 0.29) is 17.5 Å². The van der Waals surface area contributed by atoms with Crippen molar-refractivity contribution in [2.75, 3.05) is 14.2 Å². The average Bonchev–Trinajstić information content (AvgIpc) is 2.00. The summed E-state index contributed by atoms with van der Waals surface area (Å²) in [5.74, 6) is -0.320. The summed E-state index contributed by atoms with van der Waals surface area (Å²) in [6.07, 6.45) is -0.248. The van der Waals surface area contributed by atoms with Crippen molar-refractivity contribution in [1.82, 2.24) is 0 Å². The first-order valence-electron chi connectivity index (χ1n) is 4.48. The maximum atomic E-state index is 11.5. The van der Waals surface area contributed by atoms with Crippen LogP contribution in [-0.2, 0) is 14.3 Å². The standard InChI is InChI=1S/C10H19BrO3/c1-9(2,3)7(13-5)10(4,11)8(12)14-6/h7H,1-6H3/t7-,10-/m0/s1. The second-order valence-corrected chi connectivity index (χ2v) is 6.20. The Morgan fingerprint density at radius 1 is 1.21 bits per heavy atom. The van der Waals surface area contributed by atoms with Gasteiger partial charge in [0.15, 0.2) is 0 Å². The summed E-state index contributed by atoms with van der Waals surface area (Å²) in [6.45, 7) is 7.81. The molecular weight excluding hydrogens is 248 g/mol. The van der Waals surface area contributed by atoms with Gasteiger partial charge in [-0.25, -0.2) is 0 Å². The molecule has 14 heavy (non-hydrogen) atoms. The Bertz CT molecular complexity index is 206. The van der Waals surface area contributed by atoms with Crippen molar-refractivity contribution in [3.05, 3.63) is 0 Å². The second kappa shape index (κ2) is 4.62. The Labute approximate surface area is 94.3 Å². The highest BCUT2D eigenvalue weighted by Gasteiger charge is 2.46. The molecule has 0 aromatic rings. The maximum absolute atomic E-state index is 11.5. The van der Waals surface area contributed by atoms with E-state index in [1.807, 2.05) is 20.8 Å². The van der Waals surface area contributed by atoms with Crippen molar-refractivity contribution in [3.8, 4) is 0 Å². The summed E-state index contributed by atoms with van der Waals surface area (Å²) in [5.41, 5.74) is -0.138. The molecule has 3 nitrogen and oxygen atoms in total. The summed E-state index contributed by atoms with van der Waals surface area (Å²) in [6, 6.07) is 0. The van der Waals surface area contributed by atoms with E-state index >= 15 is 0 Å². The minimum atomic E-state index is -0.811. The zero-order valence-corrected chi connectivity index (χ0v) is 11.3. The predicted molar refractivity (Wildman–Crippen MR) is 59.6 cm³/mol. The lowest BCUT2D eigenvalue weighted by atomic mass is 9.81. The van der Waals surface area contributed by atoms with Crippen molar-refractivity contribution < 1.29 is 14.3 Å². The number of rotatable bonds is 3. The molecule has 0 aromatic carbocycles. The van der Waals surface area contributed by atoms with Crippen LogP contribution in [0.4, 0.5) is 0 Å². The van der Waals surface area contributed by atoms with Gasteiger partial charge in [0.1, 0.15) is 4.32 Å². The molecule has 4 heteroatoms. The second-order valence-electron chi connectivity index (χ2n) is 4.55. The Morgan fingerprint density at radius 3 is 1.86 bits per heavy atom. The van der Waals surface area contributed by atoms with E-state index in [4.69, 9.17) is 9.47 Å². The van der Waals surface area contributed by atoms with Crippen molar-refractivity contribution >= 4 is 21.9 Å². The number of carbonyl (C=O) groups excluding carboxylic acids is 1. The Hall–Kier alpha value is -0.0900. The molecule has 0 spiro atoms. The largest absolute Gasteiger partial charge is 0.468 e. The van der Waals surface area contributed by atoms with Gasteiger partial charge in [-0.1, -0.05) is 36.7 Å². The van der Waals surface area contributed by atoms with Crippen LogP contribution in [0.3, 0.4) is 0 Å². The lowest BCUT2D eigenvalue weighted by molar-refractivity contribution is -0.149. The molecule has 0 aliphatic carbocycles. The van der Waals surface area contributed by atoms with E-state index in [0.29, 0.717) is 0 Å². The smallest absolute Gasteiger partial charge is 0.325 e. The van der Waals surface area contributed by atoms with Crippen LogP contribution in [0, 0.1) is 5.41 Å². The highest BCUT2D eigenvalue weighted by Crippen LogP contribution is 2.36. The molecule has 0 rings (SSSR count). The van der Waals surface area contributed by atoms with Gasteiger partial charge in [-0.3, -0.25) is 4.79 Å². The quantitative estimate of drug-likeness (QED) is 0.581. The molecular formula is C10H19BrO3. The molecule has 0 radical (unpaired) electrons. The van der Waals surface area contributed by atoms with Gasteiger partial charge >= 0.3 is 5.97 Å². The number of carbonyl (C=O) groups is 1. The number of esters is 1. The summed E-state index contributed by atoms with van der Waals surface area (Å²) in [5, 5.41) is 0. The molecule has 0 saturated heterocycles. The Kier molecular flexibility index (Phi) is 4.59.